The van der Waals surface area contributed by atoms with E-state index in [1.54, 1.807) is 14.2 Å². The van der Waals surface area contributed by atoms with Crippen LogP contribution in [-0.4, -0.2) is 33.0 Å². The predicted octanol–water partition coefficient (Wildman–Crippen LogP) is 1.40. The maximum Gasteiger partial charge on any atom is 0.123 e. The van der Waals surface area contributed by atoms with E-state index in [9.17, 15) is 0 Å². The minimum Gasteiger partial charge on any atom is -0.496 e. The zero-order chi connectivity index (χ0) is 13.7. The highest BCUT2D eigenvalue weighted by molar-refractivity contribution is 5.37. The average Bonchev–Trinajstić information content (AvgIpc) is 2.49. The summed E-state index contributed by atoms with van der Waals surface area (Å²) in [7, 11) is 3.39. The zero-order valence-electron chi connectivity index (χ0n) is 11.5. The highest BCUT2D eigenvalue weighted by atomic mass is 16.5. The van der Waals surface area contributed by atoms with Crippen molar-refractivity contribution in [2.75, 3.05) is 27.4 Å². The third-order valence-corrected chi connectivity index (χ3v) is 3.89. The summed E-state index contributed by atoms with van der Waals surface area (Å²) in [4.78, 5) is 0. The minimum absolute atomic E-state index is 0.127. The average molecular weight is 266 g/mol. The van der Waals surface area contributed by atoms with Gasteiger partial charge in [-0.3, -0.25) is 5.84 Å². The lowest BCUT2D eigenvalue weighted by molar-refractivity contribution is -0.112. The van der Waals surface area contributed by atoms with E-state index in [0.717, 1.165) is 24.2 Å². The molecule has 1 aliphatic heterocycles. The molecule has 5 nitrogen and oxygen atoms in total. The minimum atomic E-state index is -0.359. The molecule has 1 atom stereocenters. The van der Waals surface area contributed by atoms with Crippen LogP contribution in [0.2, 0.25) is 0 Å². The van der Waals surface area contributed by atoms with E-state index >= 15 is 0 Å². The summed E-state index contributed by atoms with van der Waals surface area (Å²) in [6.07, 6.45) is 1.60. The number of benzene rings is 1. The van der Waals surface area contributed by atoms with Gasteiger partial charge in [-0.2, -0.15) is 0 Å². The van der Waals surface area contributed by atoms with Gasteiger partial charge >= 0.3 is 0 Å². The van der Waals surface area contributed by atoms with E-state index in [4.69, 9.17) is 20.1 Å². The number of ether oxygens (including phenoxy) is 3. The van der Waals surface area contributed by atoms with Crippen LogP contribution in [-0.2, 0) is 9.47 Å². The van der Waals surface area contributed by atoms with E-state index in [1.165, 1.54) is 0 Å². The topological polar surface area (TPSA) is 65.7 Å². The standard InChI is InChI=1S/C14H22N2O3/c1-17-12-6-4-3-5-11(12)13(16-15)14(18-2)7-9-19-10-8-14/h3-6,13,16H,7-10,15H2,1-2H3. The van der Waals surface area contributed by atoms with Crippen LogP contribution in [0.3, 0.4) is 0 Å². The molecule has 1 aliphatic rings. The molecule has 1 fully saturated rings. The largest absolute Gasteiger partial charge is 0.496 e. The van der Waals surface area contributed by atoms with Gasteiger partial charge in [-0.15, -0.1) is 0 Å². The van der Waals surface area contributed by atoms with Crippen LogP contribution >= 0.6 is 0 Å². The molecule has 0 aliphatic carbocycles. The maximum absolute atomic E-state index is 5.81. The molecular weight excluding hydrogens is 244 g/mol. The van der Waals surface area contributed by atoms with Crippen LogP contribution in [0.5, 0.6) is 5.75 Å². The Morgan fingerprint density at radius 3 is 2.53 bits per heavy atom. The number of rotatable bonds is 5. The highest BCUT2D eigenvalue weighted by Gasteiger charge is 2.42. The molecule has 2 rings (SSSR count). The quantitative estimate of drug-likeness (QED) is 0.623. The molecule has 106 valence electrons. The molecule has 1 heterocycles. The van der Waals surface area contributed by atoms with Gasteiger partial charge in [0.05, 0.1) is 18.8 Å². The van der Waals surface area contributed by atoms with Gasteiger partial charge < -0.3 is 14.2 Å². The molecule has 0 saturated carbocycles. The highest BCUT2D eigenvalue weighted by Crippen LogP contribution is 2.39. The second-order valence-corrected chi connectivity index (χ2v) is 4.72. The zero-order valence-corrected chi connectivity index (χ0v) is 11.5. The Morgan fingerprint density at radius 2 is 1.95 bits per heavy atom. The Kier molecular flexibility index (Phi) is 4.76. The second-order valence-electron chi connectivity index (χ2n) is 4.72. The number of hydrogen-bond donors (Lipinski definition) is 2. The number of nitrogens with two attached hydrogens (primary N) is 1. The first kappa shape index (κ1) is 14.3. The second kappa shape index (κ2) is 6.34. The lowest BCUT2D eigenvalue weighted by atomic mass is 9.82. The van der Waals surface area contributed by atoms with E-state index in [2.05, 4.69) is 5.43 Å². The van der Waals surface area contributed by atoms with Gasteiger partial charge in [-0.05, 0) is 6.07 Å². The van der Waals surface area contributed by atoms with Crippen LogP contribution in [0, 0.1) is 0 Å². The fourth-order valence-electron chi connectivity index (χ4n) is 2.76. The SMILES string of the molecule is COc1ccccc1C(NN)C1(OC)CCOCC1. The fourth-order valence-corrected chi connectivity index (χ4v) is 2.76. The maximum atomic E-state index is 5.81. The van der Waals surface area contributed by atoms with Gasteiger partial charge in [0.25, 0.3) is 0 Å². The van der Waals surface area contributed by atoms with Gasteiger partial charge in [0, 0.05) is 38.7 Å². The third-order valence-electron chi connectivity index (χ3n) is 3.89. The smallest absolute Gasteiger partial charge is 0.123 e. The van der Waals surface area contributed by atoms with Crippen LogP contribution in [0.1, 0.15) is 24.4 Å². The normalized spacial score (nSPS) is 19.9. The number of para-hydroxylation sites is 1. The molecule has 0 amide bonds. The lowest BCUT2D eigenvalue weighted by Gasteiger charge is -2.42. The number of nitrogens with one attached hydrogen (secondary N) is 1. The predicted molar refractivity (Wildman–Crippen MR) is 72.9 cm³/mol. The Labute approximate surface area is 114 Å². The molecule has 1 aromatic carbocycles. The first-order valence-electron chi connectivity index (χ1n) is 6.49. The van der Waals surface area contributed by atoms with E-state index in [-0.39, 0.29) is 11.6 Å². The Morgan fingerprint density at radius 1 is 1.26 bits per heavy atom. The van der Waals surface area contributed by atoms with E-state index in [1.807, 2.05) is 24.3 Å². The van der Waals surface area contributed by atoms with Crippen LogP contribution < -0.4 is 16.0 Å². The molecule has 0 radical (unpaired) electrons. The van der Waals surface area contributed by atoms with Crippen molar-refractivity contribution >= 4 is 0 Å². The van der Waals surface area contributed by atoms with E-state index in [0.29, 0.717) is 13.2 Å². The van der Waals surface area contributed by atoms with E-state index < -0.39 is 0 Å². The van der Waals surface area contributed by atoms with Crippen molar-refractivity contribution in [1.29, 1.82) is 0 Å². The molecule has 0 spiro atoms. The first-order chi connectivity index (χ1) is 9.27. The molecule has 0 bridgehead atoms. The lowest BCUT2D eigenvalue weighted by Crippen LogP contribution is -2.51. The Balaban J connectivity index is 2.36. The summed E-state index contributed by atoms with van der Waals surface area (Å²) >= 11 is 0. The summed E-state index contributed by atoms with van der Waals surface area (Å²) in [6.45, 7) is 1.36. The fraction of sp³-hybridized carbons (Fsp3) is 0.571. The van der Waals surface area contributed by atoms with Crippen molar-refractivity contribution in [3.8, 4) is 5.75 Å². The van der Waals surface area contributed by atoms with Crippen LogP contribution in [0.4, 0.5) is 0 Å². The van der Waals surface area contributed by atoms with Crippen molar-refractivity contribution in [2.24, 2.45) is 5.84 Å². The summed E-state index contributed by atoms with van der Waals surface area (Å²) in [5.74, 6) is 6.61. The number of methoxy groups -OCH3 is 2. The molecule has 1 aromatic rings. The molecule has 1 unspecified atom stereocenters. The number of hydrogen-bond acceptors (Lipinski definition) is 5. The monoisotopic (exact) mass is 266 g/mol. The summed E-state index contributed by atoms with van der Waals surface area (Å²) < 4.78 is 16.7. The Bertz CT molecular complexity index is 405. The van der Waals surface area contributed by atoms with Gasteiger partial charge in [0.15, 0.2) is 0 Å². The van der Waals surface area contributed by atoms with Gasteiger partial charge in [0.2, 0.25) is 0 Å². The molecular formula is C14H22N2O3. The van der Waals surface area contributed by atoms with Gasteiger partial charge in [0.1, 0.15) is 5.75 Å². The first-order valence-corrected chi connectivity index (χ1v) is 6.49. The Hall–Kier alpha value is -1.14. The van der Waals surface area contributed by atoms with Crippen LogP contribution in [0.15, 0.2) is 24.3 Å². The molecule has 0 aromatic heterocycles. The molecule has 1 saturated heterocycles. The van der Waals surface area contributed by atoms with Gasteiger partial charge in [-0.25, -0.2) is 5.43 Å². The van der Waals surface area contributed by atoms with Crippen molar-refractivity contribution in [3.05, 3.63) is 29.8 Å². The number of hydrazine groups is 1. The molecule has 19 heavy (non-hydrogen) atoms. The molecule has 5 heteroatoms. The van der Waals surface area contributed by atoms with Crippen molar-refractivity contribution < 1.29 is 14.2 Å². The van der Waals surface area contributed by atoms with Gasteiger partial charge in [-0.1, -0.05) is 18.2 Å². The van der Waals surface area contributed by atoms with Crippen LogP contribution in [0.25, 0.3) is 0 Å². The third kappa shape index (κ3) is 2.74. The summed E-state index contributed by atoms with van der Waals surface area (Å²) in [6, 6.07) is 7.74. The van der Waals surface area contributed by atoms with Crippen molar-refractivity contribution in [1.82, 2.24) is 5.43 Å². The summed E-state index contributed by atoms with van der Waals surface area (Å²) in [5, 5.41) is 0. The molecule has 3 N–H and O–H groups in total. The summed E-state index contributed by atoms with van der Waals surface area (Å²) in [5.41, 5.74) is 3.54. The van der Waals surface area contributed by atoms with Crippen molar-refractivity contribution in [2.45, 2.75) is 24.5 Å². The van der Waals surface area contributed by atoms with Crippen molar-refractivity contribution in [3.63, 3.8) is 0 Å².